The highest BCUT2D eigenvalue weighted by Crippen LogP contribution is 2.38. The van der Waals surface area contributed by atoms with Gasteiger partial charge in [-0.25, -0.2) is 0 Å². The quantitative estimate of drug-likeness (QED) is 0.546. The molecule has 1 amide bonds. The number of rotatable bonds is 3. The summed E-state index contributed by atoms with van der Waals surface area (Å²) in [6.45, 7) is 0.370. The van der Waals surface area contributed by atoms with Gasteiger partial charge in [-0.3, -0.25) is 14.7 Å². The number of ether oxygens (including phenoxy) is 1. The zero-order chi connectivity index (χ0) is 18.8. The van der Waals surface area contributed by atoms with E-state index >= 15 is 0 Å². The van der Waals surface area contributed by atoms with Crippen LogP contribution in [0.5, 0.6) is 5.75 Å². The second-order valence-corrected chi connectivity index (χ2v) is 6.55. The Morgan fingerprint density at radius 2 is 1.93 bits per heavy atom. The van der Waals surface area contributed by atoms with Crippen LogP contribution in [0, 0.1) is 0 Å². The lowest BCUT2D eigenvalue weighted by Crippen LogP contribution is -2.36. The van der Waals surface area contributed by atoms with E-state index in [9.17, 15) is 4.79 Å². The molecule has 27 heavy (non-hydrogen) atoms. The summed E-state index contributed by atoms with van der Waals surface area (Å²) >= 11 is 5.97. The Morgan fingerprint density at radius 3 is 2.67 bits per heavy atom. The van der Waals surface area contributed by atoms with E-state index in [1.165, 1.54) is 0 Å². The van der Waals surface area contributed by atoms with E-state index in [2.05, 4.69) is 4.98 Å². The number of nitrogens with zero attached hydrogens (tertiary/aromatic N) is 2. The van der Waals surface area contributed by atoms with Gasteiger partial charge in [0.25, 0.3) is 5.91 Å². The summed E-state index contributed by atoms with van der Waals surface area (Å²) in [7, 11) is 0. The van der Waals surface area contributed by atoms with Crippen molar-refractivity contribution in [3.05, 3.63) is 88.9 Å². The highest BCUT2D eigenvalue weighted by atomic mass is 35.5. The second-order valence-electron chi connectivity index (χ2n) is 6.11. The van der Waals surface area contributed by atoms with Gasteiger partial charge < -0.3 is 10.5 Å². The molecule has 0 saturated carbocycles. The first-order valence-corrected chi connectivity index (χ1v) is 8.74. The molecule has 0 radical (unpaired) electrons. The lowest BCUT2D eigenvalue weighted by atomic mass is 10.1. The minimum absolute atomic E-state index is 0.208. The highest BCUT2D eigenvalue weighted by molar-refractivity contribution is 6.30. The molecule has 2 heterocycles. The predicted octanol–water partition coefficient (Wildman–Crippen LogP) is 4.28. The van der Waals surface area contributed by atoms with Gasteiger partial charge in [0.2, 0.25) is 0 Å². The SMILES string of the molecule is Nc1ccc2c(c1)N(Cc1ccc(Cl)cc1)C(=O)/C(=C\c1ccccn1)O2. The van der Waals surface area contributed by atoms with Crippen molar-refractivity contribution in [1.29, 1.82) is 0 Å². The molecule has 0 bridgehead atoms. The summed E-state index contributed by atoms with van der Waals surface area (Å²) in [5.74, 6) is 0.522. The Balaban J connectivity index is 1.75. The Bertz CT molecular complexity index is 1020. The molecule has 2 aromatic carbocycles. The second kappa shape index (κ2) is 7.13. The number of aromatic nitrogens is 1. The molecule has 4 rings (SSSR count). The molecular formula is C21H16ClN3O2. The highest BCUT2D eigenvalue weighted by Gasteiger charge is 2.30. The number of nitrogen functional groups attached to an aromatic ring is 1. The minimum atomic E-state index is -0.256. The fraction of sp³-hybridized carbons (Fsp3) is 0.0476. The summed E-state index contributed by atoms with van der Waals surface area (Å²) in [5, 5.41) is 0.646. The molecule has 6 heteroatoms. The van der Waals surface area contributed by atoms with Crippen molar-refractivity contribution in [1.82, 2.24) is 4.98 Å². The van der Waals surface area contributed by atoms with Gasteiger partial charge in [-0.15, -0.1) is 0 Å². The van der Waals surface area contributed by atoms with Gasteiger partial charge >= 0.3 is 0 Å². The number of carbonyl (C=O) groups excluding carboxylic acids is 1. The average Bonchev–Trinajstić information content (AvgIpc) is 2.68. The number of amides is 1. The molecule has 0 aliphatic carbocycles. The molecule has 1 aliphatic rings. The van der Waals surface area contributed by atoms with E-state index in [1.807, 2.05) is 30.3 Å². The van der Waals surface area contributed by atoms with Gasteiger partial charge in [0.15, 0.2) is 11.5 Å². The van der Waals surface area contributed by atoms with Gasteiger partial charge in [-0.05, 0) is 48.0 Å². The van der Waals surface area contributed by atoms with Crippen molar-refractivity contribution < 1.29 is 9.53 Å². The first-order valence-electron chi connectivity index (χ1n) is 8.36. The summed E-state index contributed by atoms with van der Waals surface area (Å²) in [6, 6.07) is 18.1. The third-order valence-electron chi connectivity index (χ3n) is 4.17. The fourth-order valence-electron chi connectivity index (χ4n) is 2.85. The van der Waals surface area contributed by atoms with Crippen molar-refractivity contribution in [3.63, 3.8) is 0 Å². The van der Waals surface area contributed by atoms with Crippen LogP contribution in [0.3, 0.4) is 0 Å². The average molecular weight is 378 g/mol. The summed E-state index contributed by atoms with van der Waals surface area (Å²) in [4.78, 5) is 19.0. The van der Waals surface area contributed by atoms with Crippen molar-refractivity contribution in [2.24, 2.45) is 0 Å². The van der Waals surface area contributed by atoms with Crippen LogP contribution >= 0.6 is 11.6 Å². The monoisotopic (exact) mass is 377 g/mol. The standard InChI is InChI=1S/C21H16ClN3O2/c22-15-6-4-14(5-7-15)13-25-18-11-16(23)8-9-19(18)27-20(21(25)26)12-17-3-1-2-10-24-17/h1-12H,13,23H2/b20-12+. The van der Waals surface area contributed by atoms with E-state index in [1.54, 1.807) is 47.5 Å². The summed E-state index contributed by atoms with van der Waals surface area (Å²) in [5.41, 5.74) is 8.71. The minimum Gasteiger partial charge on any atom is -0.449 e. The Labute approximate surface area is 161 Å². The number of benzene rings is 2. The lowest BCUT2D eigenvalue weighted by molar-refractivity contribution is -0.117. The number of nitrogens with two attached hydrogens (primary N) is 1. The molecule has 0 fully saturated rings. The van der Waals surface area contributed by atoms with Crippen molar-refractivity contribution in [2.75, 3.05) is 10.6 Å². The van der Waals surface area contributed by atoms with Crippen LogP contribution in [-0.4, -0.2) is 10.9 Å². The van der Waals surface area contributed by atoms with E-state index in [0.29, 0.717) is 34.4 Å². The summed E-state index contributed by atoms with van der Waals surface area (Å²) < 4.78 is 5.84. The fourth-order valence-corrected chi connectivity index (χ4v) is 2.98. The summed E-state index contributed by atoms with van der Waals surface area (Å²) in [6.07, 6.45) is 3.30. The maximum Gasteiger partial charge on any atom is 0.294 e. The van der Waals surface area contributed by atoms with Crippen LogP contribution in [0.15, 0.2) is 72.6 Å². The molecule has 134 valence electrons. The molecule has 2 N–H and O–H groups in total. The number of hydrogen-bond donors (Lipinski definition) is 1. The molecule has 0 spiro atoms. The van der Waals surface area contributed by atoms with Crippen LogP contribution in [0.25, 0.3) is 6.08 Å². The van der Waals surface area contributed by atoms with Gasteiger partial charge in [0.05, 0.1) is 17.9 Å². The van der Waals surface area contributed by atoms with Crippen molar-refractivity contribution in [2.45, 2.75) is 6.54 Å². The molecule has 5 nitrogen and oxygen atoms in total. The lowest BCUT2D eigenvalue weighted by Gasteiger charge is -2.31. The number of carbonyl (C=O) groups is 1. The van der Waals surface area contributed by atoms with Crippen LogP contribution in [0.1, 0.15) is 11.3 Å². The van der Waals surface area contributed by atoms with Gasteiger partial charge in [-0.2, -0.15) is 0 Å². The number of hydrogen-bond acceptors (Lipinski definition) is 4. The van der Waals surface area contributed by atoms with Crippen LogP contribution in [-0.2, 0) is 11.3 Å². The van der Waals surface area contributed by atoms with E-state index in [4.69, 9.17) is 22.1 Å². The molecule has 3 aromatic rings. The van der Waals surface area contributed by atoms with Gasteiger partial charge in [0, 0.05) is 23.0 Å². The first-order chi connectivity index (χ1) is 13.1. The van der Waals surface area contributed by atoms with Gasteiger partial charge in [0.1, 0.15) is 0 Å². The zero-order valence-corrected chi connectivity index (χ0v) is 15.1. The molecule has 0 saturated heterocycles. The van der Waals surface area contributed by atoms with E-state index in [-0.39, 0.29) is 11.7 Å². The zero-order valence-electron chi connectivity index (χ0n) is 14.3. The van der Waals surface area contributed by atoms with E-state index < -0.39 is 0 Å². The first kappa shape index (κ1) is 17.1. The van der Waals surface area contributed by atoms with Crippen LogP contribution < -0.4 is 15.4 Å². The Hall–Kier alpha value is -3.31. The molecular weight excluding hydrogens is 362 g/mol. The van der Waals surface area contributed by atoms with Gasteiger partial charge in [-0.1, -0.05) is 29.8 Å². The van der Waals surface area contributed by atoms with Crippen molar-refractivity contribution >= 4 is 35.0 Å². The number of fused-ring (bicyclic) bond motifs is 1. The molecule has 0 atom stereocenters. The maximum absolute atomic E-state index is 13.1. The van der Waals surface area contributed by atoms with Crippen LogP contribution in [0.4, 0.5) is 11.4 Å². The van der Waals surface area contributed by atoms with Crippen molar-refractivity contribution in [3.8, 4) is 5.75 Å². The molecule has 0 unspecified atom stereocenters. The number of anilines is 2. The van der Waals surface area contributed by atoms with Crippen LogP contribution in [0.2, 0.25) is 5.02 Å². The number of pyridine rings is 1. The van der Waals surface area contributed by atoms with E-state index in [0.717, 1.165) is 5.56 Å². The smallest absolute Gasteiger partial charge is 0.294 e. The molecule has 1 aliphatic heterocycles. The molecule has 1 aromatic heterocycles. The number of halogens is 1. The topological polar surface area (TPSA) is 68.5 Å². The Morgan fingerprint density at radius 1 is 1.11 bits per heavy atom. The maximum atomic E-state index is 13.1. The third-order valence-corrected chi connectivity index (χ3v) is 4.42. The predicted molar refractivity (Wildman–Crippen MR) is 106 cm³/mol. The largest absolute Gasteiger partial charge is 0.449 e. The Kier molecular flexibility index (Phi) is 4.52. The normalized spacial score (nSPS) is 14.8. The third kappa shape index (κ3) is 3.64.